The first-order chi connectivity index (χ1) is 13.3. The van der Waals surface area contributed by atoms with E-state index < -0.39 is 10.0 Å². The molecule has 8 heteroatoms. The van der Waals surface area contributed by atoms with Crippen molar-refractivity contribution in [3.63, 3.8) is 0 Å². The average molecular weight is 438 g/mol. The molecule has 0 aliphatic heterocycles. The fourth-order valence-corrected chi connectivity index (χ4v) is 3.81. The van der Waals surface area contributed by atoms with Gasteiger partial charge in [0.25, 0.3) is 0 Å². The third-order valence-electron chi connectivity index (χ3n) is 4.35. The minimum Gasteiger partial charge on any atom is -0.338 e. The Hall–Kier alpha value is -2.25. The van der Waals surface area contributed by atoms with E-state index in [4.69, 9.17) is 11.6 Å². The summed E-state index contributed by atoms with van der Waals surface area (Å²) in [5, 5.41) is 5.74. The monoisotopic (exact) mass is 437 g/mol. The first-order valence-electron chi connectivity index (χ1n) is 9.27. The van der Waals surface area contributed by atoms with E-state index in [1.807, 2.05) is 0 Å². The Bertz CT molecular complexity index is 958. The van der Waals surface area contributed by atoms with Crippen LogP contribution < -0.4 is 15.4 Å². The van der Waals surface area contributed by atoms with Crippen LogP contribution in [-0.2, 0) is 21.9 Å². The highest BCUT2D eigenvalue weighted by Gasteiger charge is 2.13. The van der Waals surface area contributed by atoms with E-state index in [2.05, 4.69) is 60.4 Å². The zero-order valence-electron chi connectivity index (χ0n) is 17.4. The summed E-state index contributed by atoms with van der Waals surface area (Å²) < 4.78 is 25.2. The van der Waals surface area contributed by atoms with Crippen LogP contribution in [0.1, 0.15) is 37.5 Å². The first-order valence-corrected chi connectivity index (χ1v) is 11.5. The number of hydrogen-bond acceptors (Lipinski definition) is 3. The van der Waals surface area contributed by atoms with Gasteiger partial charge >= 0.3 is 6.03 Å². The van der Waals surface area contributed by atoms with Crippen molar-refractivity contribution in [2.75, 3.05) is 22.8 Å². The fraction of sp³-hybridized carbons (Fsp3) is 0.381. The molecule has 0 spiro atoms. The molecule has 2 amide bonds. The van der Waals surface area contributed by atoms with Crippen molar-refractivity contribution >= 4 is 39.0 Å². The van der Waals surface area contributed by atoms with Gasteiger partial charge in [-0.15, -0.1) is 0 Å². The van der Waals surface area contributed by atoms with E-state index in [1.54, 1.807) is 13.0 Å². The van der Waals surface area contributed by atoms with Gasteiger partial charge in [0.2, 0.25) is 10.0 Å². The lowest BCUT2D eigenvalue weighted by Gasteiger charge is -2.19. The van der Waals surface area contributed by atoms with Gasteiger partial charge in [0.05, 0.1) is 17.0 Å². The number of urea groups is 1. The number of aryl methyl sites for hydroxylation is 1. The van der Waals surface area contributed by atoms with Crippen LogP contribution in [0.25, 0.3) is 0 Å². The van der Waals surface area contributed by atoms with Crippen LogP contribution in [0.3, 0.4) is 0 Å². The highest BCUT2D eigenvalue weighted by atomic mass is 35.5. The zero-order valence-corrected chi connectivity index (χ0v) is 19.0. The number of benzene rings is 2. The normalized spacial score (nSPS) is 11.8. The molecule has 0 atom stereocenters. The topological polar surface area (TPSA) is 87.3 Å². The second kappa shape index (κ2) is 9.05. The molecule has 2 aromatic carbocycles. The summed E-state index contributed by atoms with van der Waals surface area (Å²) in [6.45, 7) is 8.72. The van der Waals surface area contributed by atoms with Gasteiger partial charge in [-0.25, -0.2) is 13.2 Å². The Morgan fingerprint density at radius 1 is 1.10 bits per heavy atom. The van der Waals surface area contributed by atoms with Crippen LogP contribution in [0, 0.1) is 6.92 Å². The maximum atomic E-state index is 12.1. The highest BCUT2D eigenvalue weighted by molar-refractivity contribution is 7.92. The van der Waals surface area contributed by atoms with Crippen molar-refractivity contribution in [3.8, 4) is 0 Å². The molecule has 0 aromatic heterocycles. The van der Waals surface area contributed by atoms with E-state index in [0.29, 0.717) is 23.5 Å². The van der Waals surface area contributed by atoms with Crippen LogP contribution >= 0.6 is 11.6 Å². The zero-order chi connectivity index (χ0) is 21.8. The molecule has 3 N–H and O–H groups in total. The van der Waals surface area contributed by atoms with Crippen molar-refractivity contribution < 1.29 is 13.2 Å². The van der Waals surface area contributed by atoms with E-state index in [-0.39, 0.29) is 16.5 Å². The van der Waals surface area contributed by atoms with Gasteiger partial charge in [0, 0.05) is 12.2 Å². The molecule has 0 radical (unpaired) electrons. The molecular weight excluding hydrogens is 410 g/mol. The van der Waals surface area contributed by atoms with Crippen molar-refractivity contribution in [2.24, 2.45) is 0 Å². The standard InChI is InChI=1S/C21H28ClN3O3S/c1-14-12-17(13-18(22)19(14)25-29(5,27)28)24-20(26)23-11-10-15-6-8-16(9-7-15)21(2,3)4/h6-9,12-13,25H,10-11H2,1-5H3,(H2,23,24,26). The molecule has 0 aliphatic rings. The molecule has 0 unspecified atom stereocenters. The van der Waals surface area contributed by atoms with Gasteiger partial charge in [-0.05, 0) is 47.6 Å². The lowest BCUT2D eigenvalue weighted by Crippen LogP contribution is -2.30. The SMILES string of the molecule is Cc1cc(NC(=O)NCCc2ccc(C(C)(C)C)cc2)cc(Cl)c1NS(C)(=O)=O. The predicted molar refractivity (Wildman–Crippen MR) is 121 cm³/mol. The molecule has 2 aromatic rings. The quantitative estimate of drug-likeness (QED) is 0.613. The number of halogens is 1. The summed E-state index contributed by atoms with van der Waals surface area (Å²) >= 11 is 6.15. The maximum absolute atomic E-state index is 12.1. The fourth-order valence-electron chi connectivity index (χ4n) is 2.80. The van der Waals surface area contributed by atoms with Gasteiger partial charge in [-0.1, -0.05) is 56.6 Å². The Morgan fingerprint density at radius 3 is 2.24 bits per heavy atom. The Kier molecular flexibility index (Phi) is 7.19. The van der Waals surface area contributed by atoms with Gasteiger partial charge in [0.1, 0.15) is 0 Å². The third-order valence-corrected chi connectivity index (χ3v) is 5.22. The molecule has 0 heterocycles. The molecule has 0 saturated heterocycles. The van der Waals surface area contributed by atoms with Crippen LogP contribution in [-0.4, -0.2) is 27.2 Å². The number of sulfonamides is 1. The number of anilines is 2. The lowest BCUT2D eigenvalue weighted by molar-refractivity contribution is 0.252. The molecule has 0 bridgehead atoms. The van der Waals surface area contributed by atoms with E-state index in [1.165, 1.54) is 11.6 Å². The summed E-state index contributed by atoms with van der Waals surface area (Å²) in [6, 6.07) is 11.2. The van der Waals surface area contributed by atoms with Crippen LogP contribution in [0.5, 0.6) is 0 Å². The number of hydrogen-bond donors (Lipinski definition) is 3. The van der Waals surface area contributed by atoms with E-state index in [9.17, 15) is 13.2 Å². The summed E-state index contributed by atoms with van der Waals surface area (Å²) in [5.41, 5.74) is 3.93. The van der Waals surface area contributed by atoms with Gasteiger partial charge in [0.15, 0.2) is 0 Å². The van der Waals surface area contributed by atoms with Crippen molar-refractivity contribution in [1.29, 1.82) is 0 Å². The summed E-state index contributed by atoms with van der Waals surface area (Å²) in [7, 11) is -3.44. The summed E-state index contributed by atoms with van der Waals surface area (Å²) in [5.74, 6) is 0. The number of carbonyl (C=O) groups excluding carboxylic acids is 1. The smallest absolute Gasteiger partial charge is 0.319 e. The Labute approximate surface area is 178 Å². The van der Waals surface area contributed by atoms with Crippen molar-refractivity contribution in [3.05, 3.63) is 58.1 Å². The molecule has 6 nitrogen and oxygen atoms in total. The molecule has 158 valence electrons. The Morgan fingerprint density at radius 2 is 1.72 bits per heavy atom. The summed E-state index contributed by atoms with van der Waals surface area (Å²) in [6.07, 6.45) is 1.77. The predicted octanol–water partition coefficient (Wildman–Crippen LogP) is 4.68. The maximum Gasteiger partial charge on any atom is 0.319 e. The lowest BCUT2D eigenvalue weighted by atomic mass is 9.86. The molecule has 0 aliphatic carbocycles. The second-order valence-corrected chi connectivity index (χ2v) is 10.3. The number of amides is 2. The molecular formula is C21H28ClN3O3S. The third kappa shape index (κ3) is 7.25. The van der Waals surface area contributed by atoms with Crippen molar-refractivity contribution in [1.82, 2.24) is 5.32 Å². The number of nitrogens with one attached hydrogen (secondary N) is 3. The van der Waals surface area contributed by atoms with Crippen LogP contribution in [0.2, 0.25) is 5.02 Å². The van der Waals surface area contributed by atoms with Crippen LogP contribution in [0.15, 0.2) is 36.4 Å². The molecule has 0 fully saturated rings. The van der Waals surface area contributed by atoms with E-state index in [0.717, 1.165) is 18.2 Å². The minimum atomic E-state index is -3.44. The largest absolute Gasteiger partial charge is 0.338 e. The van der Waals surface area contributed by atoms with E-state index >= 15 is 0 Å². The van der Waals surface area contributed by atoms with Crippen molar-refractivity contribution in [2.45, 2.75) is 39.5 Å². The van der Waals surface area contributed by atoms with Gasteiger partial charge in [-0.2, -0.15) is 0 Å². The number of carbonyl (C=O) groups is 1. The minimum absolute atomic E-state index is 0.114. The Balaban J connectivity index is 1.91. The first kappa shape index (κ1) is 23.0. The second-order valence-electron chi connectivity index (χ2n) is 8.10. The molecule has 2 rings (SSSR count). The molecule has 0 saturated carbocycles. The number of rotatable bonds is 6. The average Bonchev–Trinajstić information content (AvgIpc) is 2.57. The molecule has 29 heavy (non-hydrogen) atoms. The van der Waals surface area contributed by atoms with Crippen LogP contribution in [0.4, 0.5) is 16.2 Å². The van der Waals surface area contributed by atoms with Gasteiger partial charge in [-0.3, -0.25) is 4.72 Å². The highest BCUT2D eigenvalue weighted by Crippen LogP contribution is 2.30. The van der Waals surface area contributed by atoms with Gasteiger partial charge < -0.3 is 10.6 Å². The summed E-state index contributed by atoms with van der Waals surface area (Å²) in [4.78, 5) is 12.1.